The maximum Gasteiger partial charge on any atom is 1.00 e. The molecule has 5 amide bonds. The summed E-state index contributed by atoms with van der Waals surface area (Å²) in [5.41, 5.74) is 11.7. The van der Waals surface area contributed by atoms with Crippen molar-refractivity contribution < 1.29 is 95.5 Å². The minimum atomic E-state index is -1.37. The summed E-state index contributed by atoms with van der Waals surface area (Å²) >= 11 is 5.02. The second-order valence-corrected chi connectivity index (χ2v) is 18.6. The van der Waals surface area contributed by atoms with Gasteiger partial charge in [0.25, 0.3) is 0 Å². The molecular formula is C49H74AuN6O15S-. The zero-order valence-electron chi connectivity index (χ0n) is 40.1. The molecule has 1 aromatic rings. The monoisotopic (exact) mass is 1220 g/mol. The van der Waals surface area contributed by atoms with Crippen molar-refractivity contribution in [3.8, 4) is 5.75 Å². The third kappa shape index (κ3) is 27.0. The van der Waals surface area contributed by atoms with Gasteiger partial charge in [-0.3, -0.25) is 43.2 Å². The largest absolute Gasteiger partial charge is 1.00 e. The third-order valence-electron chi connectivity index (χ3n) is 12.6. The Morgan fingerprint density at radius 3 is 1.82 bits per heavy atom. The predicted molar refractivity (Wildman–Crippen MR) is 260 cm³/mol. The third-order valence-corrected chi connectivity index (χ3v) is 13.0. The van der Waals surface area contributed by atoms with Gasteiger partial charge in [-0.05, 0) is 89.2 Å². The van der Waals surface area contributed by atoms with Gasteiger partial charge in [0.1, 0.15) is 23.4 Å². The normalized spacial score (nSPS) is 16.5. The molecule has 2 rings (SSSR count). The molecule has 1 aromatic carbocycles. The van der Waals surface area contributed by atoms with Crippen molar-refractivity contribution in [3.05, 3.63) is 29.8 Å². The number of aliphatic carboxylic acids is 3. The van der Waals surface area contributed by atoms with Gasteiger partial charge in [0.2, 0.25) is 17.7 Å². The molecule has 72 heavy (non-hydrogen) atoms. The van der Waals surface area contributed by atoms with Crippen molar-refractivity contribution in [1.29, 1.82) is 0 Å². The van der Waals surface area contributed by atoms with E-state index in [1.807, 2.05) is 0 Å². The summed E-state index contributed by atoms with van der Waals surface area (Å²) in [5, 5.41) is 49.7. The number of unbranched alkanes of at least 4 members (excludes halogenated alkanes) is 1. The van der Waals surface area contributed by atoms with Gasteiger partial charge < -0.3 is 65.8 Å². The summed E-state index contributed by atoms with van der Waals surface area (Å²) in [6, 6.07) is 3.01. The van der Waals surface area contributed by atoms with Crippen LogP contribution < -0.4 is 37.8 Å². The molecule has 0 radical (unpaired) electrons. The molecule has 0 bridgehead atoms. The number of hydrogen-bond donors (Lipinski definition) is 9. The van der Waals surface area contributed by atoms with E-state index in [1.165, 1.54) is 24.3 Å². The number of primary amides is 1. The first kappa shape index (κ1) is 66.8. The zero-order chi connectivity index (χ0) is 52.3. The Morgan fingerprint density at radius 2 is 1.26 bits per heavy atom. The van der Waals surface area contributed by atoms with Crippen LogP contribution in [-0.4, -0.2) is 118 Å². The maximum absolute atomic E-state index is 14.0. The van der Waals surface area contributed by atoms with Gasteiger partial charge in [-0.2, -0.15) is 5.75 Å². The van der Waals surface area contributed by atoms with Gasteiger partial charge in [-0.1, -0.05) is 38.1 Å². The Bertz CT molecular complexity index is 1970. The molecule has 6 atom stereocenters. The van der Waals surface area contributed by atoms with Crippen LogP contribution in [0.25, 0.3) is 0 Å². The number of ketones is 4. The van der Waals surface area contributed by atoms with Crippen molar-refractivity contribution in [3.63, 3.8) is 0 Å². The van der Waals surface area contributed by atoms with Gasteiger partial charge in [-0.25, -0.2) is 9.59 Å². The molecule has 23 heteroatoms. The molecule has 1 saturated carbocycles. The molecule has 1 aliphatic rings. The number of carboxylic acids is 3. The molecular weight excluding hydrogens is 1140 g/mol. The number of benzene rings is 1. The van der Waals surface area contributed by atoms with Gasteiger partial charge >= 0.3 is 46.3 Å². The number of carboxylic acid groups (broad SMARTS) is 3. The van der Waals surface area contributed by atoms with Crippen LogP contribution in [0.15, 0.2) is 24.3 Å². The van der Waals surface area contributed by atoms with Crippen LogP contribution in [0.5, 0.6) is 5.75 Å². The number of carbonyl (C=O) groups excluding carboxylic acids is 8. The molecule has 0 aliphatic heterocycles. The van der Waals surface area contributed by atoms with Crippen LogP contribution in [-0.2, 0) is 89.4 Å². The minimum Gasteiger partial charge on any atom is -0.872 e. The Morgan fingerprint density at radius 1 is 0.708 bits per heavy atom. The smallest absolute Gasteiger partial charge is 0.872 e. The molecule has 0 spiro atoms. The average Bonchev–Trinajstić information content (AvgIpc) is 3.31. The summed E-state index contributed by atoms with van der Waals surface area (Å²) in [6.07, 6.45) is 0.888. The Labute approximate surface area is 442 Å². The van der Waals surface area contributed by atoms with Crippen LogP contribution in [0.4, 0.5) is 4.79 Å². The number of nitrogens with two attached hydrogens (primary N) is 2. The van der Waals surface area contributed by atoms with E-state index in [-0.39, 0.29) is 130 Å². The Hall–Kier alpha value is -5.16. The van der Waals surface area contributed by atoms with E-state index in [2.05, 4.69) is 21.3 Å². The van der Waals surface area contributed by atoms with Crippen LogP contribution in [0, 0.1) is 35.5 Å². The van der Waals surface area contributed by atoms with Gasteiger partial charge in [-0.15, -0.1) is 5.75 Å². The quantitative estimate of drug-likeness (QED) is 0.0264. The van der Waals surface area contributed by atoms with Crippen LogP contribution in [0.2, 0.25) is 0 Å². The topological polar surface area (TPSA) is 372 Å². The first-order chi connectivity index (χ1) is 33.1. The van der Waals surface area contributed by atoms with Crippen molar-refractivity contribution in [2.45, 2.75) is 142 Å². The maximum atomic E-state index is 14.0. The number of nitrogens with one attached hydrogen (secondary N) is 4. The first-order valence-electron chi connectivity index (χ1n) is 23.8. The van der Waals surface area contributed by atoms with Crippen LogP contribution in [0.1, 0.15) is 129 Å². The van der Waals surface area contributed by atoms with E-state index in [9.17, 15) is 68.1 Å². The summed E-state index contributed by atoms with van der Waals surface area (Å²) in [5.74, 6) is -11.7. The van der Waals surface area contributed by atoms with Gasteiger partial charge in [0.05, 0.1) is 6.54 Å². The molecule has 408 valence electrons. The van der Waals surface area contributed by atoms with Crippen LogP contribution in [0.3, 0.4) is 0 Å². The van der Waals surface area contributed by atoms with E-state index < -0.39 is 114 Å². The molecule has 1 aliphatic carbocycles. The number of rotatable bonds is 36. The second-order valence-electron chi connectivity index (χ2n) is 18.3. The van der Waals surface area contributed by atoms with Crippen molar-refractivity contribution in [1.82, 2.24) is 21.3 Å². The summed E-state index contributed by atoms with van der Waals surface area (Å²) in [7, 11) is 0. The van der Waals surface area contributed by atoms with E-state index >= 15 is 0 Å². The Kier molecular flexibility index (Phi) is 33.3. The minimum absolute atomic E-state index is 0. The van der Waals surface area contributed by atoms with E-state index in [4.69, 9.17) is 29.2 Å². The molecule has 1 fully saturated rings. The summed E-state index contributed by atoms with van der Waals surface area (Å²) in [4.78, 5) is 139. The van der Waals surface area contributed by atoms with E-state index in [0.29, 0.717) is 50.6 Å². The molecule has 0 saturated heterocycles. The fourth-order valence-corrected chi connectivity index (χ4v) is 8.57. The number of urea groups is 1. The van der Waals surface area contributed by atoms with E-state index in [1.54, 1.807) is 6.92 Å². The first-order valence-corrected chi connectivity index (χ1v) is 24.4. The summed E-state index contributed by atoms with van der Waals surface area (Å²) in [6.45, 7) is 1.73. The number of amides is 5. The molecule has 0 heterocycles. The zero-order valence-corrected chi connectivity index (χ0v) is 43.1. The Balaban J connectivity index is 0.0000252. The summed E-state index contributed by atoms with van der Waals surface area (Å²) < 4.78 is 0. The molecule has 6 unspecified atom stereocenters. The van der Waals surface area contributed by atoms with Crippen molar-refractivity contribution in [2.75, 3.05) is 25.4 Å². The number of hydrogen-bond acceptors (Lipinski definition) is 14. The number of Topliss-reactive ketones (excluding diaryl/α,β-unsaturated/α-hetero) is 4. The van der Waals surface area contributed by atoms with Crippen LogP contribution >= 0.6 is 0 Å². The van der Waals surface area contributed by atoms with Gasteiger partial charge in [0.15, 0.2) is 5.78 Å². The molecule has 0 aromatic heterocycles. The standard InChI is InChI=1S/C48H72N6O15S.CH4.Au/c1-28(5-17-43(61)62)53-48(69)54-38(47(67)68)15-16-42(60)51-25-30-6-10-31(11-7-30)46(66)52-26-37(56)21-33(12-18-44(63)64)39(57)22-32(4-2-3-19-49)40(58)23-34(20-29-8-13-36(55)14-9-29)41(59)24-35(27-70)45(50)65;;/h8-9,13-14,28,30-35,38,55,70H,2-7,10-12,15-27,49H2,1H3,(H2,50,65)(H,51,60)(H,52,66)(H,61,62)(H,63,64)(H,67,68)(H2,53,54,69);1H4;/q;;+1/p-2. The fraction of sp³-hybridized carbons (Fsp3) is 0.653. The predicted octanol–water partition coefficient (Wildman–Crippen LogP) is 2.09. The SMILES string of the molecule is C.CC(CCC(=O)O)NC(=O)NC(CCC(=O)NCC1CCC(C(=O)NCC(=O)CC(CCC(=O)O)C(=O)CC(CCCCN)C(=O)CC(Cc2ccc([O-])cc2)C(=O)CC(C[S-])C(N)=O)CC1)C(=O)O.[Au+]. The van der Waals surface area contributed by atoms with E-state index in [0.717, 1.165) is 0 Å². The number of carbonyl (C=O) groups is 11. The fourth-order valence-electron chi connectivity index (χ4n) is 8.29. The molecule has 11 N–H and O–H groups in total. The second kappa shape index (κ2) is 35.9. The van der Waals surface area contributed by atoms with Gasteiger partial charge in [0, 0.05) is 87.1 Å². The van der Waals surface area contributed by atoms with Crippen molar-refractivity contribution >= 4 is 77.4 Å². The van der Waals surface area contributed by atoms with Crippen molar-refractivity contribution in [2.24, 2.45) is 47.0 Å². The molecule has 21 nitrogen and oxygen atoms in total. The average molecular weight is 1220 g/mol.